The molecule has 0 saturated carbocycles. The van der Waals surface area contributed by atoms with Gasteiger partial charge in [-0.2, -0.15) is 0 Å². The van der Waals surface area contributed by atoms with E-state index in [1.54, 1.807) is 0 Å². The molecule has 3 heteroatoms. The van der Waals surface area contributed by atoms with E-state index < -0.39 is 0 Å². The molecule has 1 amide bonds. The minimum absolute atomic E-state index is 0.102. The monoisotopic (exact) mass is 225 g/mol. The van der Waals surface area contributed by atoms with Crippen molar-refractivity contribution in [3.8, 4) is 0 Å². The van der Waals surface area contributed by atoms with Gasteiger partial charge in [-0.25, -0.2) is 4.79 Å². The Balaban J connectivity index is 2.12. The summed E-state index contributed by atoms with van der Waals surface area (Å²) < 4.78 is 5.52. The number of fused-ring (bicyclic) bond motifs is 2. The van der Waals surface area contributed by atoms with Crippen molar-refractivity contribution >= 4 is 6.09 Å². The Labute approximate surface area is 98.1 Å². The van der Waals surface area contributed by atoms with Crippen LogP contribution in [0, 0.1) is 0 Å². The average molecular weight is 225 g/mol. The molecule has 16 heavy (non-hydrogen) atoms. The molecule has 0 aromatic rings. The van der Waals surface area contributed by atoms with E-state index in [2.05, 4.69) is 6.92 Å². The van der Waals surface area contributed by atoms with Crippen LogP contribution in [-0.2, 0) is 4.74 Å². The van der Waals surface area contributed by atoms with Gasteiger partial charge in [0, 0.05) is 11.6 Å². The van der Waals surface area contributed by atoms with Gasteiger partial charge >= 0.3 is 6.09 Å². The standard InChI is InChI=1S/C13H23NO2/c1-5-13-8-6-10(7-9-13)14(13)11(15)16-12(2,3)4/h10H,5-9H2,1-4H3. The second kappa shape index (κ2) is 3.64. The van der Waals surface area contributed by atoms with Gasteiger partial charge in [-0.1, -0.05) is 6.92 Å². The normalized spacial score (nSPS) is 33.2. The molecule has 3 nitrogen and oxygen atoms in total. The zero-order valence-corrected chi connectivity index (χ0v) is 10.9. The molecule has 0 radical (unpaired) electrons. The Hall–Kier alpha value is -0.730. The van der Waals surface area contributed by atoms with Crippen molar-refractivity contribution in [1.29, 1.82) is 0 Å². The number of hydrogen-bond acceptors (Lipinski definition) is 2. The molecule has 2 bridgehead atoms. The van der Waals surface area contributed by atoms with Crippen LogP contribution in [0.2, 0.25) is 0 Å². The van der Waals surface area contributed by atoms with Gasteiger partial charge in [0.25, 0.3) is 0 Å². The maximum absolute atomic E-state index is 12.2. The van der Waals surface area contributed by atoms with Crippen LogP contribution >= 0.6 is 0 Å². The summed E-state index contributed by atoms with van der Waals surface area (Å²) in [6, 6.07) is 0.440. The maximum Gasteiger partial charge on any atom is 0.411 e. The van der Waals surface area contributed by atoms with Crippen LogP contribution in [0.4, 0.5) is 4.79 Å². The minimum Gasteiger partial charge on any atom is -0.444 e. The molecule has 2 aliphatic rings. The van der Waals surface area contributed by atoms with Gasteiger partial charge in [0.1, 0.15) is 5.60 Å². The topological polar surface area (TPSA) is 29.5 Å². The van der Waals surface area contributed by atoms with E-state index in [4.69, 9.17) is 4.74 Å². The molecular weight excluding hydrogens is 202 g/mol. The lowest BCUT2D eigenvalue weighted by Crippen LogP contribution is -2.47. The van der Waals surface area contributed by atoms with Gasteiger partial charge < -0.3 is 4.74 Å². The molecule has 2 rings (SSSR count). The lowest BCUT2D eigenvalue weighted by molar-refractivity contribution is 0.00887. The Morgan fingerprint density at radius 3 is 2.38 bits per heavy atom. The lowest BCUT2D eigenvalue weighted by atomic mass is 9.86. The first-order valence-electron chi connectivity index (χ1n) is 6.40. The van der Waals surface area contributed by atoms with E-state index in [1.807, 2.05) is 25.7 Å². The number of carbonyl (C=O) groups excluding carboxylic acids is 1. The molecule has 0 aromatic heterocycles. The molecule has 2 aliphatic heterocycles. The molecule has 2 saturated heterocycles. The highest BCUT2D eigenvalue weighted by molar-refractivity contribution is 5.70. The number of rotatable bonds is 1. The fourth-order valence-electron chi connectivity index (χ4n) is 3.20. The third kappa shape index (κ3) is 1.80. The Morgan fingerprint density at radius 1 is 1.38 bits per heavy atom. The molecule has 0 aliphatic carbocycles. The van der Waals surface area contributed by atoms with E-state index in [1.165, 1.54) is 0 Å². The first kappa shape index (κ1) is 11.7. The summed E-state index contributed by atoms with van der Waals surface area (Å²) in [5.41, 5.74) is -0.263. The molecule has 0 spiro atoms. The molecule has 0 aromatic carbocycles. The molecule has 0 atom stereocenters. The predicted octanol–water partition coefficient (Wildman–Crippen LogP) is 3.33. The highest BCUT2D eigenvalue weighted by atomic mass is 16.6. The van der Waals surface area contributed by atoms with Crippen LogP contribution in [0.25, 0.3) is 0 Å². The van der Waals surface area contributed by atoms with Crippen molar-refractivity contribution in [3.05, 3.63) is 0 Å². The van der Waals surface area contributed by atoms with E-state index in [-0.39, 0.29) is 17.2 Å². The van der Waals surface area contributed by atoms with Gasteiger partial charge in [0.2, 0.25) is 0 Å². The lowest BCUT2D eigenvalue weighted by Gasteiger charge is -2.35. The summed E-state index contributed by atoms with van der Waals surface area (Å²) in [6.45, 7) is 7.98. The Kier molecular flexibility index (Phi) is 2.67. The van der Waals surface area contributed by atoms with E-state index in [0.717, 1.165) is 32.1 Å². The van der Waals surface area contributed by atoms with Crippen LogP contribution in [0.1, 0.15) is 59.8 Å². The van der Waals surface area contributed by atoms with Gasteiger partial charge in [0.05, 0.1) is 0 Å². The van der Waals surface area contributed by atoms with Gasteiger partial charge in [-0.3, -0.25) is 4.90 Å². The average Bonchev–Trinajstić information content (AvgIpc) is 2.70. The summed E-state index contributed by atoms with van der Waals surface area (Å²) in [4.78, 5) is 14.2. The first-order valence-corrected chi connectivity index (χ1v) is 6.40. The molecule has 2 fully saturated rings. The van der Waals surface area contributed by atoms with Gasteiger partial charge in [-0.15, -0.1) is 0 Å². The van der Waals surface area contributed by atoms with Crippen molar-refractivity contribution in [3.63, 3.8) is 0 Å². The third-order valence-electron chi connectivity index (χ3n) is 4.01. The summed E-state index contributed by atoms with van der Waals surface area (Å²) in [7, 11) is 0. The zero-order valence-electron chi connectivity index (χ0n) is 10.9. The second-order valence-corrected chi connectivity index (χ2v) is 6.16. The molecule has 0 N–H and O–H groups in total. The van der Waals surface area contributed by atoms with Crippen LogP contribution in [-0.4, -0.2) is 28.2 Å². The summed E-state index contributed by atoms with van der Waals surface area (Å²) in [5, 5.41) is 0. The number of nitrogens with zero attached hydrogens (tertiary/aromatic N) is 1. The number of amides is 1. The maximum atomic E-state index is 12.2. The Bertz CT molecular complexity index is 285. The highest BCUT2D eigenvalue weighted by Gasteiger charge is 2.53. The van der Waals surface area contributed by atoms with E-state index >= 15 is 0 Å². The number of hydrogen-bond donors (Lipinski definition) is 0. The SMILES string of the molecule is CCC12CCC(CC1)N2C(=O)OC(C)(C)C. The largest absolute Gasteiger partial charge is 0.444 e. The summed E-state index contributed by atoms with van der Waals surface area (Å²) in [5.74, 6) is 0. The van der Waals surface area contributed by atoms with E-state index in [9.17, 15) is 4.79 Å². The van der Waals surface area contributed by atoms with Crippen molar-refractivity contribution in [2.24, 2.45) is 0 Å². The van der Waals surface area contributed by atoms with Crippen LogP contribution < -0.4 is 0 Å². The minimum atomic E-state index is -0.381. The van der Waals surface area contributed by atoms with Crippen molar-refractivity contribution in [2.45, 2.75) is 77.0 Å². The smallest absolute Gasteiger partial charge is 0.411 e. The van der Waals surface area contributed by atoms with Gasteiger partial charge in [0.15, 0.2) is 0 Å². The first-order chi connectivity index (χ1) is 7.38. The van der Waals surface area contributed by atoms with Crippen molar-refractivity contribution in [2.75, 3.05) is 0 Å². The molecular formula is C13H23NO2. The third-order valence-corrected chi connectivity index (χ3v) is 4.01. The predicted molar refractivity (Wildman–Crippen MR) is 63.4 cm³/mol. The second-order valence-electron chi connectivity index (χ2n) is 6.16. The number of carbonyl (C=O) groups is 1. The molecule has 2 heterocycles. The van der Waals surface area contributed by atoms with Crippen LogP contribution in [0.15, 0.2) is 0 Å². The fraction of sp³-hybridized carbons (Fsp3) is 0.923. The molecule has 0 unspecified atom stereocenters. The van der Waals surface area contributed by atoms with Crippen molar-refractivity contribution < 1.29 is 9.53 Å². The van der Waals surface area contributed by atoms with E-state index in [0.29, 0.717) is 6.04 Å². The Morgan fingerprint density at radius 2 is 1.94 bits per heavy atom. The van der Waals surface area contributed by atoms with Gasteiger partial charge in [-0.05, 0) is 52.9 Å². The van der Waals surface area contributed by atoms with Crippen molar-refractivity contribution in [1.82, 2.24) is 4.90 Å². The molecule has 92 valence electrons. The highest BCUT2D eigenvalue weighted by Crippen LogP contribution is 2.48. The quantitative estimate of drug-likeness (QED) is 0.685. The zero-order chi connectivity index (χ0) is 12.0. The number of ether oxygens (including phenoxy) is 1. The summed E-state index contributed by atoms with van der Waals surface area (Å²) in [6.07, 6.45) is 5.60. The van der Waals surface area contributed by atoms with Crippen LogP contribution in [0.3, 0.4) is 0 Å². The fourth-order valence-corrected chi connectivity index (χ4v) is 3.20. The summed E-state index contributed by atoms with van der Waals surface area (Å²) >= 11 is 0. The van der Waals surface area contributed by atoms with Crippen LogP contribution in [0.5, 0.6) is 0 Å².